The van der Waals surface area contributed by atoms with E-state index in [0.29, 0.717) is 29.1 Å². The van der Waals surface area contributed by atoms with Crippen LogP contribution in [-0.4, -0.2) is 47.3 Å². The molecule has 0 radical (unpaired) electrons. The normalized spacial score (nSPS) is 15.1. The van der Waals surface area contributed by atoms with Crippen LogP contribution < -0.4 is 5.32 Å². The molecule has 5 nitrogen and oxygen atoms in total. The van der Waals surface area contributed by atoms with Crippen LogP contribution in [-0.2, 0) is 18.4 Å². The highest BCUT2D eigenvalue weighted by Gasteiger charge is 2.30. The van der Waals surface area contributed by atoms with E-state index >= 15 is 4.39 Å². The number of piperidine rings is 1. The van der Waals surface area contributed by atoms with Gasteiger partial charge in [-0.05, 0) is 107 Å². The van der Waals surface area contributed by atoms with Crippen LogP contribution in [0.5, 0.6) is 0 Å². The Kier molecular flexibility index (Phi) is 8.51. The molecule has 1 aliphatic heterocycles. The van der Waals surface area contributed by atoms with Gasteiger partial charge in [-0.2, -0.15) is 18.4 Å². The number of anilines is 1. The second-order valence-electron chi connectivity index (χ2n) is 10.9. The predicted octanol–water partition coefficient (Wildman–Crippen LogP) is 6.28. The third kappa shape index (κ3) is 7.30. The molecular formula is C30H33F4N5. The number of nitriles is 1. The third-order valence-electron chi connectivity index (χ3n) is 7.30. The molecule has 0 spiro atoms. The largest absolute Gasteiger partial charge is 0.406 e. The summed E-state index contributed by atoms with van der Waals surface area (Å²) in [5, 5.41) is 12.7. The van der Waals surface area contributed by atoms with Gasteiger partial charge in [0, 0.05) is 5.39 Å². The van der Waals surface area contributed by atoms with E-state index in [4.69, 9.17) is 0 Å². The molecule has 3 aromatic rings. The molecule has 39 heavy (non-hydrogen) atoms. The van der Waals surface area contributed by atoms with Crippen molar-refractivity contribution in [3.05, 3.63) is 59.3 Å². The Morgan fingerprint density at radius 1 is 1.13 bits per heavy atom. The number of nitrogens with zero attached hydrogens (tertiary/aromatic N) is 4. The number of aryl methyl sites for hydroxylation is 1. The fourth-order valence-corrected chi connectivity index (χ4v) is 4.94. The maximum atomic E-state index is 15.2. The zero-order valence-corrected chi connectivity index (χ0v) is 22.5. The minimum absolute atomic E-state index is 0.0764. The number of pyridine rings is 1. The van der Waals surface area contributed by atoms with Gasteiger partial charge in [-0.1, -0.05) is 5.92 Å². The highest BCUT2D eigenvalue weighted by atomic mass is 19.4. The zero-order chi connectivity index (χ0) is 28.2. The van der Waals surface area contributed by atoms with Crippen LogP contribution in [0.15, 0.2) is 36.5 Å². The van der Waals surface area contributed by atoms with Crippen LogP contribution in [0.25, 0.3) is 10.9 Å². The molecule has 0 bridgehead atoms. The molecule has 0 aliphatic carbocycles. The first kappa shape index (κ1) is 28.4. The van der Waals surface area contributed by atoms with Gasteiger partial charge in [-0.3, -0.25) is 4.98 Å². The van der Waals surface area contributed by atoms with Crippen LogP contribution >= 0.6 is 0 Å². The molecule has 3 heterocycles. The van der Waals surface area contributed by atoms with E-state index in [9.17, 15) is 18.4 Å². The highest BCUT2D eigenvalue weighted by molar-refractivity contribution is 5.84. The third-order valence-corrected chi connectivity index (χ3v) is 7.30. The lowest BCUT2D eigenvalue weighted by atomic mass is 9.90. The lowest BCUT2D eigenvalue weighted by Crippen LogP contribution is -2.30. The van der Waals surface area contributed by atoms with Gasteiger partial charge >= 0.3 is 6.18 Å². The van der Waals surface area contributed by atoms with Gasteiger partial charge in [0.15, 0.2) is 0 Å². The Bertz CT molecular complexity index is 1400. The van der Waals surface area contributed by atoms with Gasteiger partial charge in [0.25, 0.3) is 0 Å². The molecule has 1 aromatic carbocycles. The fraction of sp³-hybridized carbons (Fsp3) is 0.467. The average Bonchev–Trinajstić information content (AvgIpc) is 3.22. The summed E-state index contributed by atoms with van der Waals surface area (Å²) in [6.45, 7) is 4.48. The van der Waals surface area contributed by atoms with Gasteiger partial charge in [0.05, 0.1) is 46.8 Å². The second kappa shape index (κ2) is 11.7. The number of rotatable bonds is 7. The number of aromatic nitrogens is 2. The molecule has 1 aliphatic rings. The van der Waals surface area contributed by atoms with Crippen molar-refractivity contribution in [2.75, 3.05) is 32.0 Å². The van der Waals surface area contributed by atoms with Gasteiger partial charge in [0.1, 0.15) is 12.4 Å². The Balaban J connectivity index is 1.51. The summed E-state index contributed by atoms with van der Waals surface area (Å²) in [6.07, 6.45) is 0.896. The molecule has 1 fully saturated rings. The van der Waals surface area contributed by atoms with Crippen molar-refractivity contribution in [3.63, 3.8) is 0 Å². The van der Waals surface area contributed by atoms with Crippen molar-refractivity contribution in [3.8, 4) is 17.9 Å². The van der Waals surface area contributed by atoms with Crippen molar-refractivity contribution < 1.29 is 17.6 Å². The molecule has 206 valence electrons. The van der Waals surface area contributed by atoms with Crippen molar-refractivity contribution >= 4 is 16.6 Å². The van der Waals surface area contributed by atoms with Gasteiger partial charge in [-0.25, -0.2) is 4.39 Å². The topological polar surface area (TPSA) is 56.9 Å². The molecule has 0 unspecified atom stereocenters. The molecule has 2 aromatic heterocycles. The lowest BCUT2D eigenvalue weighted by molar-refractivity contribution is -0.140. The molecule has 0 saturated carbocycles. The van der Waals surface area contributed by atoms with E-state index in [1.807, 2.05) is 0 Å². The summed E-state index contributed by atoms with van der Waals surface area (Å²) in [5.41, 5.74) is 1.41. The van der Waals surface area contributed by atoms with Gasteiger partial charge < -0.3 is 14.8 Å². The van der Waals surface area contributed by atoms with E-state index in [0.717, 1.165) is 42.5 Å². The number of fused-ring (bicyclic) bond motifs is 1. The fourth-order valence-electron chi connectivity index (χ4n) is 4.94. The number of halogens is 4. The SMILES string of the molecule is CN1CCC(CCc2cc(F)c3c(c2)cc(C#CCNc2ccc(C(C)(C)C#N)nc2)n3CC(F)(F)F)CC1. The quantitative estimate of drug-likeness (QED) is 0.284. The molecule has 1 saturated heterocycles. The average molecular weight is 540 g/mol. The van der Waals surface area contributed by atoms with E-state index < -0.39 is 24.0 Å². The number of benzene rings is 1. The first-order valence-electron chi connectivity index (χ1n) is 13.1. The standard InChI is InChI=1S/C30H33F4N5/c1-29(2,19-35)27-9-8-24(18-37-27)36-12-4-5-25-17-23-15-22(7-6-21-10-13-38(3)14-11-21)16-26(31)28(23)39(25)20-30(32,33)34/h8-9,15-18,21,36H,6-7,10-14,20H2,1-3H3. The summed E-state index contributed by atoms with van der Waals surface area (Å²) < 4.78 is 56.3. The Morgan fingerprint density at radius 2 is 1.87 bits per heavy atom. The smallest absolute Gasteiger partial charge is 0.373 e. The number of nitrogens with one attached hydrogen (secondary N) is 1. The molecular weight excluding hydrogens is 506 g/mol. The van der Waals surface area contributed by atoms with Crippen LogP contribution in [0.1, 0.15) is 50.1 Å². The summed E-state index contributed by atoms with van der Waals surface area (Å²) in [5.74, 6) is 5.55. The molecule has 0 amide bonds. The number of hydrogen-bond acceptors (Lipinski definition) is 4. The summed E-state index contributed by atoms with van der Waals surface area (Å²) in [6, 6.07) is 10.4. The van der Waals surface area contributed by atoms with Crippen LogP contribution in [0.3, 0.4) is 0 Å². The molecule has 9 heteroatoms. The van der Waals surface area contributed by atoms with Crippen LogP contribution in [0.2, 0.25) is 0 Å². The monoisotopic (exact) mass is 539 g/mol. The Hall–Kier alpha value is -3.56. The van der Waals surface area contributed by atoms with Crippen molar-refractivity contribution in [2.45, 2.75) is 57.7 Å². The minimum atomic E-state index is -4.52. The first-order chi connectivity index (χ1) is 18.4. The highest BCUT2D eigenvalue weighted by Crippen LogP contribution is 2.30. The van der Waals surface area contributed by atoms with Crippen molar-refractivity contribution in [1.82, 2.24) is 14.5 Å². The van der Waals surface area contributed by atoms with Gasteiger partial charge in [-0.15, -0.1) is 0 Å². The number of likely N-dealkylation sites (tertiary alicyclic amines) is 1. The van der Waals surface area contributed by atoms with Gasteiger partial charge in [0.2, 0.25) is 0 Å². The first-order valence-corrected chi connectivity index (χ1v) is 13.1. The number of alkyl halides is 3. The molecule has 1 N–H and O–H groups in total. The van der Waals surface area contributed by atoms with Crippen LogP contribution in [0, 0.1) is 34.9 Å². The summed E-state index contributed by atoms with van der Waals surface area (Å²) >= 11 is 0. The zero-order valence-electron chi connectivity index (χ0n) is 22.5. The molecule has 4 rings (SSSR count). The van der Waals surface area contributed by atoms with E-state index in [2.05, 4.69) is 40.2 Å². The van der Waals surface area contributed by atoms with E-state index in [1.54, 1.807) is 38.2 Å². The summed E-state index contributed by atoms with van der Waals surface area (Å²) in [4.78, 5) is 6.60. The Labute approximate surface area is 226 Å². The predicted molar refractivity (Wildman–Crippen MR) is 145 cm³/mol. The second-order valence-corrected chi connectivity index (χ2v) is 10.9. The van der Waals surface area contributed by atoms with Crippen molar-refractivity contribution in [2.24, 2.45) is 5.92 Å². The van der Waals surface area contributed by atoms with E-state index in [-0.39, 0.29) is 17.8 Å². The van der Waals surface area contributed by atoms with E-state index in [1.165, 1.54) is 12.1 Å². The maximum absolute atomic E-state index is 15.2. The molecule has 0 atom stereocenters. The van der Waals surface area contributed by atoms with Crippen LogP contribution in [0.4, 0.5) is 23.2 Å². The minimum Gasteiger partial charge on any atom is -0.373 e. The lowest BCUT2D eigenvalue weighted by Gasteiger charge is -2.28. The number of hydrogen-bond donors (Lipinski definition) is 1. The maximum Gasteiger partial charge on any atom is 0.406 e. The van der Waals surface area contributed by atoms with Crippen molar-refractivity contribution in [1.29, 1.82) is 5.26 Å². The summed E-state index contributed by atoms with van der Waals surface area (Å²) in [7, 11) is 2.11. The Morgan fingerprint density at radius 3 is 2.51 bits per heavy atom.